The lowest BCUT2D eigenvalue weighted by Gasteiger charge is -2.09. The summed E-state index contributed by atoms with van der Waals surface area (Å²) < 4.78 is 0. The van der Waals surface area contributed by atoms with Crippen molar-refractivity contribution < 1.29 is 19.5 Å². The number of carboxylic acid groups (broad SMARTS) is 1. The van der Waals surface area contributed by atoms with Crippen LogP contribution in [0.1, 0.15) is 27.9 Å². The number of Topliss-reactive ketones (excluding diaryl/α,β-unsaturated/α-hetero) is 1. The van der Waals surface area contributed by atoms with Crippen molar-refractivity contribution in [3.8, 4) is 11.1 Å². The van der Waals surface area contributed by atoms with Crippen molar-refractivity contribution in [2.24, 2.45) is 5.92 Å². The number of ketones is 1. The van der Waals surface area contributed by atoms with Gasteiger partial charge >= 0.3 is 12.0 Å². The largest absolute Gasteiger partial charge is 0.481 e. The number of hydrogen-bond donors (Lipinski definition) is 3. The molecule has 0 aliphatic heterocycles. The average Bonchev–Trinajstić information content (AvgIpc) is 3.04. The number of carboxylic acids is 1. The summed E-state index contributed by atoms with van der Waals surface area (Å²) in [6.07, 6.45) is 0.307. The van der Waals surface area contributed by atoms with Crippen LogP contribution in [0.3, 0.4) is 0 Å². The van der Waals surface area contributed by atoms with Crippen molar-refractivity contribution >= 4 is 29.2 Å². The molecule has 1 aliphatic rings. The van der Waals surface area contributed by atoms with Crippen LogP contribution in [0.5, 0.6) is 0 Å². The molecule has 156 valence electrons. The van der Waals surface area contributed by atoms with Crippen LogP contribution in [0.4, 0.5) is 16.2 Å². The van der Waals surface area contributed by atoms with Crippen molar-refractivity contribution in [1.29, 1.82) is 0 Å². The van der Waals surface area contributed by atoms with Gasteiger partial charge < -0.3 is 15.7 Å². The molecule has 6 nitrogen and oxygen atoms in total. The van der Waals surface area contributed by atoms with Gasteiger partial charge in [0.25, 0.3) is 0 Å². The van der Waals surface area contributed by atoms with E-state index in [9.17, 15) is 14.4 Å². The third-order valence-corrected chi connectivity index (χ3v) is 5.41. The molecule has 1 aliphatic carbocycles. The predicted molar refractivity (Wildman–Crippen MR) is 119 cm³/mol. The number of aryl methyl sites for hydroxylation is 1. The zero-order valence-electron chi connectivity index (χ0n) is 17.0. The van der Waals surface area contributed by atoms with Crippen LogP contribution >= 0.6 is 0 Å². The van der Waals surface area contributed by atoms with E-state index >= 15 is 0 Å². The summed E-state index contributed by atoms with van der Waals surface area (Å²) in [7, 11) is 0. The number of amides is 2. The second-order valence-corrected chi connectivity index (χ2v) is 7.76. The zero-order valence-corrected chi connectivity index (χ0v) is 17.0. The molecule has 0 bridgehead atoms. The van der Waals surface area contributed by atoms with Gasteiger partial charge in [-0.15, -0.1) is 0 Å². The Labute approximate surface area is 179 Å². The van der Waals surface area contributed by atoms with Gasteiger partial charge in [0.05, 0.1) is 6.42 Å². The van der Waals surface area contributed by atoms with Crippen LogP contribution in [-0.2, 0) is 11.2 Å². The van der Waals surface area contributed by atoms with Gasteiger partial charge in [-0.25, -0.2) is 4.79 Å². The van der Waals surface area contributed by atoms with Gasteiger partial charge in [-0.1, -0.05) is 48.0 Å². The van der Waals surface area contributed by atoms with Gasteiger partial charge in [-0.3, -0.25) is 9.59 Å². The summed E-state index contributed by atoms with van der Waals surface area (Å²) in [4.78, 5) is 35.5. The van der Waals surface area contributed by atoms with E-state index in [1.165, 1.54) is 0 Å². The molecule has 2 amide bonds. The number of hydrogen-bond acceptors (Lipinski definition) is 3. The molecule has 1 atom stereocenters. The van der Waals surface area contributed by atoms with E-state index in [1.54, 1.807) is 6.07 Å². The van der Waals surface area contributed by atoms with Crippen LogP contribution in [0, 0.1) is 12.8 Å². The molecular weight excluding hydrogens is 392 g/mol. The summed E-state index contributed by atoms with van der Waals surface area (Å²) in [5, 5.41) is 14.6. The van der Waals surface area contributed by atoms with Crippen LogP contribution in [-0.4, -0.2) is 22.9 Å². The highest BCUT2D eigenvalue weighted by molar-refractivity contribution is 6.04. The highest BCUT2D eigenvalue weighted by atomic mass is 16.4. The molecule has 0 spiro atoms. The Morgan fingerprint density at radius 1 is 0.903 bits per heavy atom. The number of aliphatic carboxylic acids is 1. The Kier molecular flexibility index (Phi) is 5.54. The number of carbonyl (C=O) groups excluding carboxylic acids is 2. The average molecular weight is 414 g/mol. The Bertz CT molecular complexity index is 1150. The zero-order chi connectivity index (χ0) is 22.0. The van der Waals surface area contributed by atoms with Gasteiger partial charge in [-0.2, -0.15) is 0 Å². The molecule has 4 rings (SSSR count). The van der Waals surface area contributed by atoms with E-state index < -0.39 is 11.9 Å². The summed E-state index contributed by atoms with van der Waals surface area (Å²) >= 11 is 0. The lowest BCUT2D eigenvalue weighted by Crippen LogP contribution is -2.19. The maximum absolute atomic E-state index is 12.4. The molecule has 3 N–H and O–H groups in total. The first kappa shape index (κ1) is 20.3. The van der Waals surface area contributed by atoms with E-state index in [0.29, 0.717) is 23.4 Å². The third kappa shape index (κ3) is 4.64. The van der Waals surface area contributed by atoms with E-state index in [2.05, 4.69) is 10.6 Å². The fourth-order valence-corrected chi connectivity index (χ4v) is 3.81. The highest BCUT2D eigenvalue weighted by Gasteiger charge is 2.32. The monoisotopic (exact) mass is 414 g/mol. The molecular formula is C25H22N2O4. The summed E-state index contributed by atoms with van der Waals surface area (Å²) in [5.74, 6) is -1.54. The fraction of sp³-hybridized carbons (Fsp3) is 0.160. The van der Waals surface area contributed by atoms with Crippen LogP contribution < -0.4 is 10.6 Å². The first-order valence-electron chi connectivity index (χ1n) is 10.0. The lowest BCUT2D eigenvalue weighted by molar-refractivity contribution is -0.137. The number of carbonyl (C=O) groups is 3. The maximum atomic E-state index is 12.4. The van der Waals surface area contributed by atoms with Gasteiger partial charge in [0.1, 0.15) is 0 Å². The second kappa shape index (κ2) is 8.44. The number of anilines is 2. The number of urea groups is 1. The molecule has 3 aromatic rings. The van der Waals surface area contributed by atoms with Crippen LogP contribution in [0.15, 0.2) is 66.7 Å². The topological polar surface area (TPSA) is 95.5 Å². The molecule has 3 aromatic carbocycles. The summed E-state index contributed by atoms with van der Waals surface area (Å²) in [5.41, 5.74) is 5.88. The molecule has 6 heteroatoms. The maximum Gasteiger partial charge on any atom is 0.323 e. The first-order valence-corrected chi connectivity index (χ1v) is 10.0. The van der Waals surface area contributed by atoms with Crippen molar-refractivity contribution in [1.82, 2.24) is 0 Å². The molecule has 0 saturated heterocycles. The number of nitrogens with one attached hydrogen (secondary N) is 2. The van der Waals surface area contributed by atoms with Crippen molar-refractivity contribution in [2.75, 3.05) is 10.6 Å². The van der Waals surface area contributed by atoms with E-state index in [-0.39, 0.29) is 18.2 Å². The molecule has 0 heterocycles. The smallest absolute Gasteiger partial charge is 0.323 e. The molecule has 31 heavy (non-hydrogen) atoms. The van der Waals surface area contributed by atoms with E-state index in [1.807, 2.05) is 67.6 Å². The molecule has 0 fully saturated rings. The second-order valence-electron chi connectivity index (χ2n) is 7.76. The standard InChI is InChI=1S/C25H22N2O4/c1-15-2-7-20(8-3-15)26-25(31)27-21-9-4-16(5-10-21)17-6-11-22-18(12-17)13-19(24(22)30)14-23(28)29/h2-12,19H,13-14H2,1H3,(H,28,29)(H2,26,27,31). The molecule has 0 saturated carbocycles. The number of rotatable bonds is 5. The van der Waals surface area contributed by atoms with Crippen LogP contribution in [0.25, 0.3) is 11.1 Å². The lowest BCUT2D eigenvalue weighted by atomic mass is 10.0. The predicted octanol–water partition coefficient (Wildman–Crippen LogP) is 5.14. The SMILES string of the molecule is Cc1ccc(NC(=O)Nc2ccc(-c3ccc4c(c3)CC(CC(=O)O)C4=O)cc2)cc1. The van der Waals surface area contributed by atoms with Crippen molar-refractivity contribution in [3.63, 3.8) is 0 Å². The van der Waals surface area contributed by atoms with Gasteiger partial charge in [0.2, 0.25) is 0 Å². The highest BCUT2D eigenvalue weighted by Crippen LogP contribution is 2.32. The van der Waals surface area contributed by atoms with E-state index in [0.717, 1.165) is 22.3 Å². The Morgan fingerprint density at radius 2 is 1.48 bits per heavy atom. The fourth-order valence-electron chi connectivity index (χ4n) is 3.81. The van der Waals surface area contributed by atoms with E-state index in [4.69, 9.17) is 5.11 Å². The molecule has 1 unspecified atom stereocenters. The van der Waals surface area contributed by atoms with Gasteiger partial charge in [0, 0.05) is 22.9 Å². The quantitative estimate of drug-likeness (QED) is 0.539. The van der Waals surface area contributed by atoms with Gasteiger partial charge in [-0.05, 0) is 54.3 Å². The van der Waals surface area contributed by atoms with Gasteiger partial charge in [0.15, 0.2) is 5.78 Å². The Hall–Kier alpha value is -3.93. The minimum Gasteiger partial charge on any atom is -0.481 e. The first-order chi connectivity index (χ1) is 14.9. The van der Waals surface area contributed by atoms with Crippen molar-refractivity contribution in [2.45, 2.75) is 19.8 Å². The summed E-state index contributed by atoms with van der Waals surface area (Å²) in [6.45, 7) is 1.98. The molecule has 0 radical (unpaired) electrons. The third-order valence-electron chi connectivity index (χ3n) is 5.41. The minimum absolute atomic E-state index is 0.0944. The minimum atomic E-state index is -0.958. The molecule has 0 aromatic heterocycles. The summed E-state index contributed by atoms with van der Waals surface area (Å²) in [6, 6.07) is 20.2. The Balaban J connectivity index is 1.43. The van der Waals surface area contributed by atoms with Crippen molar-refractivity contribution in [3.05, 3.63) is 83.4 Å². The van der Waals surface area contributed by atoms with Crippen LogP contribution in [0.2, 0.25) is 0 Å². The number of fused-ring (bicyclic) bond motifs is 1. The normalized spacial score (nSPS) is 14.7. The Morgan fingerprint density at radius 3 is 2.10 bits per heavy atom. The number of benzene rings is 3.